The zero-order valence-corrected chi connectivity index (χ0v) is 14.2. The summed E-state index contributed by atoms with van der Waals surface area (Å²) in [5.41, 5.74) is 0. The Balaban J connectivity index is 4.03. The number of nitrogens with zero attached hydrogens (tertiary/aromatic N) is 1. The first-order chi connectivity index (χ1) is 10.3. The van der Waals surface area contributed by atoms with Crippen molar-refractivity contribution in [1.29, 1.82) is 0 Å². The molecule has 21 heavy (non-hydrogen) atoms. The molecule has 1 unspecified atom stereocenters. The lowest BCUT2D eigenvalue weighted by atomic mass is 10.0. The van der Waals surface area contributed by atoms with Gasteiger partial charge < -0.3 is 20.5 Å². The molecule has 1 atom stereocenters. The maximum absolute atomic E-state index is 9.08. The van der Waals surface area contributed by atoms with E-state index in [0.717, 1.165) is 70.9 Å². The third-order valence-corrected chi connectivity index (χ3v) is 3.30. The molecule has 0 radical (unpaired) electrons. The molecule has 0 aliphatic rings. The second-order valence-corrected chi connectivity index (χ2v) is 5.22. The van der Waals surface area contributed by atoms with Crippen molar-refractivity contribution in [2.75, 3.05) is 39.5 Å². The van der Waals surface area contributed by atoms with Crippen LogP contribution in [-0.4, -0.2) is 50.5 Å². The minimum atomic E-state index is 0.252. The van der Waals surface area contributed by atoms with Gasteiger partial charge >= 0.3 is 0 Å². The van der Waals surface area contributed by atoms with Gasteiger partial charge in [0.1, 0.15) is 0 Å². The molecule has 0 bridgehead atoms. The number of aliphatic imine (C=N–C) groups is 1. The number of unbranched alkanes of at least 4 members (excludes halogenated alkanes) is 1. The van der Waals surface area contributed by atoms with Crippen molar-refractivity contribution in [2.24, 2.45) is 10.9 Å². The highest BCUT2D eigenvalue weighted by Crippen LogP contribution is 2.10. The molecule has 0 heterocycles. The van der Waals surface area contributed by atoms with E-state index in [1.807, 2.05) is 6.92 Å². The van der Waals surface area contributed by atoms with Gasteiger partial charge in [0.2, 0.25) is 0 Å². The average molecular weight is 301 g/mol. The van der Waals surface area contributed by atoms with Crippen molar-refractivity contribution in [3.8, 4) is 0 Å². The molecule has 5 heteroatoms. The Bertz CT molecular complexity index is 242. The lowest BCUT2D eigenvalue weighted by Gasteiger charge is -2.15. The van der Waals surface area contributed by atoms with E-state index >= 15 is 0 Å². The SMILES string of the molecule is CCCC(CCO)CN=C(NCC)NCCCCOCC. The summed E-state index contributed by atoms with van der Waals surface area (Å²) in [4.78, 5) is 4.64. The van der Waals surface area contributed by atoms with Crippen LogP contribution >= 0.6 is 0 Å². The zero-order valence-electron chi connectivity index (χ0n) is 14.2. The third-order valence-electron chi connectivity index (χ3n) is 3.30. The number of rotatable bonds is 13. The number of aliphatic hydroxyl groups is 1. The molecule has 0 rings (SSSR count). The predicted octanol–water partition coefficient (Wildman–Crippen LogP) is 2.16. The summed E-state index contributed by atoms with van der Waals surface area (Å²) in [5, 5.41) is 15.7. The highest BCUT2D eigenvalue weighted by Gasteiger charge is 2.07. The molecule has 0 aliphatic heterocycles. The zero-order chi connectivity index (χ0) is 15.8. The Morgan fingerprint density at radius 1 is 1.14 bits per heavy atom. The Labute approximate surface area is 130 Å². The van der Waals surface area contributed by atoms with Crippen LogP contribution in [0, 0.1) is 5.92 Å². The highest BCUT2D eigenvalue weighted by atomic mass is 16.5. The number of aliphatic hydroxyl groups excluding tert-OH is 1. The molecule has 0 aromatic rings. The van der Waals surface area contributed by atoms with E-state index in [0.29, 0.717) is 5.92 Å². The van der Waals surface area contributed by atoms with Crippen LogP contribution in [0.1, 0.15) is 52.9 Å². The maximum atomic E-state index is 9.08. The van der Waals surface area contributed by atoms with Crippen molar-refractivity contribution >= 4 is 5.96 Å². The molecule has 0 aliphatic carbocycles. The van der Waals surface area contributed by atoms with E-state index in [9.17, 15) is 0 Å². The van der Waals surface area contributed by atoms with Crippen LogP contribution in [0.3, 0.4) is 0 Å². The summed E-state index contributed by atoms with van der Waals surface area (Å²) in [7, 11) is 0. The largest absolute Gasteiger partial charge is 0.396 e. The molecule has 5 nitrogen and oxygen atoms in total. The third kappa shape index (κ3) is 12.6. The molecule has 126 valence electrons. The molecule has 0 fully saturated rings. The molecule has 0 saturated heterocycles. The van der Waals surface area contributed by atoms with Gasteiger partial charge in [-0.25, -0.2) is 0 Å². The molecule has 0 aromatic carbocycles. The van der Waals surface area contributed by atoms with Crippen LogP contribution in [-0.2, 0) is 4.74 Å². The fraction of sp³-hybridized carbons (Fsp3) is 0.938. The van der Waals surface area contributed by atoms with E-state index in [1.54, 1.807) is 0 Å². The van der Waals surface area contributed by atoms with E-state index in [2.05, 4.69) is 29.5 Å². The van der Waals surface area contributed by atoms with Gasteiger partial charge in [0.25, 0.3) is 0 Å². The molecule has 0 saturated carbocycles. The van der Waals surface area contributed by atoms with Crippen molar-refractivity contribution in [2.45, 2.75) is 52.9 Å². The molecule has 3 N–H and O–H groups in total. The lowest BCUT2D eigenvalue weighted by Crippen LogP contribution is -2.38. The number of guanidine groups is 1. The van der Waals surface area contributed by atoms with Gasteiger partial charge in [0.15, 0.2) is 5.96 Å². The Morgan fingerprint density at radius 2 is 1.95 bits per heavy atom. The minimum Gasteiger partial charge on any atom is -0.396 e. The molecule has 0 spiro atoms. The van der Waals surface area contributed by atoms with Gasteiger partial charge in [-0.2, -0.15) is 0 Å². The van der Waals surface area contributed by atoms with E-state index in [-0.39, 0.29) is 6.61 Å². The molecular formula is C16H35N3O2. The minimum absolute atomic E-state index is 0.252. The van der Waals surface area contributed by atoms with E-state index < -0.39 is 0 Å². The Morgan fingerprint density at radius 3 is 2.57 bits per heavy atom. The van der Waals surface area contributed by atoms with Crippen LogP contribution in [0.5, 0.6) is 0 Å². The molecule has 0 amide bonds. The van der Waals surface area contributed by atoms with Crippen molar-refractivity contribution in [1.82, 2.24) is 10.6 Å². The fourth-order valence-electron chi connectivity index (χ4n) is 2.16. The van der Waals surface area contributed by atoms with Gasteiger partial charge in [0, 0.05) is 39.5 Å². The van der Waals surface area contributed by atoms with Crippen molar-refractivity contribution < 1.29 is 9.84 Å². The number of nitrogens with one attached hydrogen (secondary N) is 2. The molecule has 0 aromatic heterocycles. The van der Waals surface area contributed by atoms with Gasteiger partial charge in [-0.05, 0) is 45.4 Å². The topological polar surface area (TPSA) is 65.9 Å². The van der Waals surface area contributed by atoms with Gasteiger partial charge in [0.05, 0.1) is 0 Å². The summed E-state index contributed by atoms with van der Waals surface area (Å²) >= 11 is 0. The van der Waals surface area contributed by atoms with E-state index in [4.69, 9.17) is 9.84 Å². The Hall–Kier alpha value is -0.810. The van der Waals surface area contributed by atoms with Crippen LogP contribution in [0.4, 0.5) is 0 Å². The lowest BCUT2D eigenvalue weighted by molar-refractivity contribution is 0.143. The first-order valence-electron chi connectivity index (χ1n) is 8.49. The van der Waals surface area contributed by atoms with Crippen LogP contribution in [0.25, 0.3) is 0 Å². The first-order valence-corrected chi connectivity index (χ1v) is 8.49. The number of hydrogen-bond donors (Lipinski definition) is 3. The van der Waals surface area contributed by atoms with Gasteiger partial charge in [-0.15, -0.1) is 0 Å². The fourth-order valence-corrected chi connectivity index (χ4v) is 2.16. The van der Waals surface area contributed by atoms with Gasteiger partial charge in [-0.3, -0.25) is 4.99 Å². The van der Waals surface area contributed by atoms with Crippen LogP contribution in [0.2, 0.25) is 0 Å². The number of hydrogen-bond acceptors (Lipinski definition) is 3. The summed E-state index contributed by atoms with van der Waals surface area (Å²) < 4.78 is 5.32. The monoisotopic (exact) mass is 301 g/mol. The Kier molecular flexibility index (Phi) is 15.0. The maximum Gasteiger partial charge on any atom is 0.191 e. The summed E-state index contributed by atoms with van der Waals surface area (Å²) in [5.74, 6) is 1.36. The average Bonchev–Trinajstić information content (AvgIpc) is 2.48. The standard InChI is InChI=1S/C16H35N3O2/c1-4-9-15(10-12-20)14-19-16(17-5-2)18-11-7-8-13-21-6-3/h15,20H,4-14H2,1-3H3,(H2,17,18,19). The van der Waals surface area contributed by atoms with Crippen molar-refractivity contribution in [3.63, 3.8) is 0 Å². The highest BCUT2D eigenvalue weighted by molar-refractivity contribution is 5.79. The predicted molar refractivity (Wildman–Crippen MR) is 89.8 cm³/mol. The normalized spacial score (nSPS) is 13.2. The van der Waals surface area contributed by atoms with E-state index in [1.165, 1.54) is 0 Å². The summed E-state index contributed by atoms with van der Waals surface area (Å²) in [6, 6.07) is 0. The smallest absolute Gasteiger partial charge is 0.191 e. The van der Waals surface area contributed by atoms with Gasteiger partial charge in [-0.1, -0.05) is 13.3 Å². The second kappa shape index (κ2) is 15.6. The summed E-state index contributed by atoms with van der Waals surface area (Å²) in [6.45, 7) is 10.7. The quantitative estimate of drug-likeness (QED) is 0.277. The first kappa shape index (κ1) is 20.2. The molecular weight excluding hydrogens is 266 g/mol. The van der Waals surface area contributed by atoms with Crippen LogP contribution in [0.15, 0.2) is 4.99 Å². The van der Waals surface area contributed by atoms with Crippen LogP contribution < -0.4 is 10.6 Å². The number of ether oxygens (including phenoxy) is 1. The van der Waals surface area contributed by atoms with Crippen molar-refractivity contribution in [3.05, 3.63) is 0 Å². The second-order valence-electron chi connectivity index (χ2n) is 5.22. The summed E-state index contributed by atoms with van der Waals surface area (Å²) in [6.07, 6.45) is 5.26.